The van der Waals surface area contributed by atoms with Gasteiger partial charge in [-0.1, -0.05) is 6.07 Å². The number of amides is 1. The van der Waals surface area contributed by atoms with Crippen LogP contribution in [-0.4, -0.2) is 32.2 Å². The van der Waals surface area contributed by atoms with Crippen molar-refractivity contribution in [1.82, 2.24) is 25.1 Å². The number of aromatic nitrogens is 4. The van der Waals surface area contributed by atoms with Crippen molar-refractivity contribution in [3.63, 3.8) is 0 Å². The lowest BCUT2D eigenvalue weighted by molar-refractivity contribution is -0.120. The van der Waals surface area contributed by atoms with Crippen molar-refractivity contribution < 1.29 is 9.21 Å². The molecule has 0 unspecified atom stereocenters. The Morgan fingerprint density at radius 2 is 2.06 bits per heavy atom. The summed E-state index contributed by atoms with van der Waals surface area (Å²) in [5.74, 6) is 1.10. The number of nitrogens with one attached hydrogen (secondary N) is 2. The number of carbonyl (C=O) groups is 1. The highest BCUT2D eigenvalue weighted by molar-refractivity contribution is 7.13. The number of rotatable bonds is 8. The minimum Gasteiger partial charge on any atom is -0.463 e. The Morgan fingerprint density at radius 1 is 1.16 bits per heavy atom. The Balaban J connectivity index is 1.29. The molecule has 0 aromatic carbocycles. The Morgan fingerprint density at radius 3 is 2.87 bits per heavy atom. The molecule has 2 N–H and O–H groups in total. The van der Waals surface area contributed by atoms with Crippen molar-refractivity contribution in [3.05, 3.63) is 75.8 Å². The zero-order chi connectivity index (χ0) is 21.6. The summed E-state index contributed by atoms with van der Waals surface area (Å²) >= 11 is 1.41. The number of furan rings is 1. The molecule has 0 fully saturated rings. The van der Waals surface area contributed by atoms with Gasteiger partial charge in [0.15, 0.2) is 10.9 Å². The van der Waals surface area contributed by atoms with Gasteiger partial charge >= 0.3 is 0 Å². The minimum absolute atomic E-state index is 0.147. The first kappa shape index (κ1) is 20.5. The van der Waals surface area contributed by atoms with Gasteiger partial charge in [0.2, 0.25) is 5.91 Å². The molecule has 0 saturated heterocycles. The molecule has 0 radical (unpaired) electrons. The van der Waals surface area contributed by atoms with Crippen LogP contribution in [0.2, 0.25) is 0 Å². The van der Waals surface area contributed by atoms with Gasteiger partial charge in [-0.3, -0.25) is 9.59 Å². The number of pyridine rings is 1. The van der Waals surface area contributed by atoms with Crippen molar-refractivity contribution in [3.8, 4) is 11.5 Å². The van der Waals surface area contributed by atoms with Gasteiger partial charge < -0.3 is 15.1 Å². The van der Waals surface area contributed by atoms with Crippen LogP contribution in [0.4, 0.5) is 10.9 Å². The zero-order valence-corrected chi connectivity index (χ0v) is 17.6. The minimum atomic E-state index is -0.246. The Labute approximate surface area is 181 Å². The molecule has 10 heteroatoms. The predicted molar refractivity (Wildman–Crippen MR) is 117 cm³/mol. The molecule has 0 bridgehead atoms. The highest BCUT2D eigenvalue weighted by Crippen LogP contribution is 2.20. The van der Waals surface area contributed by atoms with E-state index < -0.39 is 0 Å². The second-order valence-corrected chi connectivity index (χ2v) is 7.58. The molecule has 4 heterocycles. The molecule has 4 aromatic heterocycles. The lowest BCUT2D eigenvalue weighted by Crippen LogP contribution is -2.32. The monoisotopic (exact) mass is 436 g/mol. The molecule has 0 atom stereocenters. The molecule has 1 amide bonds. The van der Waals surface area contributed by atoms with Gasteiger partial charge in [0.25, 0.3) is 5.56 Å². The number of anilines is 2. The van der Waals surface area contributed by atoms with Gasteiger partial charge in [-0.15, -0.1) is 11.3 Å². The topological polar surface area (TPSA) is 115 Å². The van der Waals surface area contributed by atoms with E-state index in [1.165, 1.54) is 22.1 Å². The van der Waals surface area contributed by atoms with E-state index in [-0.39, 0.29) is 31.0 Å². The lowest BCUT2D eigenvalue weighted by Gasteiger charge is -2.07. The van der Waals surface area contributed by atoms with E-state index in [2.05, 4.69) is 25.7 Å². The molecule has 0 aliphatic rings. The summed E-state index contributed by atoms with van der Waals surface area (Å²) in [7, 11) is 0. The number of hydrogen-bond acceptors (Lipinski definition) is 8. The third-order valence-corrected chi connectivity index (χ3v) is 5.11. The van der Waals surface area contributed by atoms with Gasteiger partial charge in [0, 0.05) is 23.7 Å². The molecular formula is C21H20N6O3S. The lowest BCUT2D eigenvalue weighted by atomic mass is 10.3. The van der Waals surface area contributed by atoms with Gasteiger partial charge in [-0.05, 0) is 37.3 Å². The van der Waals surface area contributed by atoms with E-state index in [1.54, 1.807) is 24.5 Å². The summed E-state index contributed by atoms with van der Waals surface area (Å²) in [5.41, 5.74) is 1.88. The fourth-order valence-electron chi connectivity index (χ4n) is 2.86. The summed E-state index contributed by atoms with van der Waals surface area (Å²) < 4.78 is 6.61. The van der Waals surface area contributed by atoms with Crippen molar-refractivity contribution in [2.24, 2.45) is 0 Å². The molecule has 9 nitrogen and oxygen atoms in total. The van der Waals surface area contributed by atoms with Crippen LogP contribution in [0.1, 0.15) is 11.4 Å². The molecule has 4 aromatic rings. The fraction of sp³-hybridized carbons (Fsp3) is 0.190. The summed E-state index contributed by atoms with van der Waals surface area (Å²) in [5, 5.41) is 12.7. The first-order valence-corrected chi connectivity index (χ1v) is 10.5. The van der Waals surface area contributed by atoms with Gasteiger partial charge in [0.1, 0.15) is 11.5 Å². The number of carbonyl (C=O) groups excluding carboxylic acids is 1. The van der Waals surface area contributed by atoms with Crippen molar-refractivity contribution in [1.29, 1.82) is 0 Å². The van der Waals surface area contributed by atoms with Crippen molar-refractivity contribution >= 4 is 28.2 Å². The van der Waals surface area contributed by atoms with Crippen LogP contribution in [-0.2, 0) is 17.8 Å². The molecule has 0 aliphatic carbocycles. The molecule has 31 heavy (non-hydrogen) atoms. The first-order chi connectivity index (χ1) is 15.1. The van der Waals surface area contributed by atoms with Gasteiger partial charge in [0.05, 0.1) is 24.9 Å². The molecule has 158 valence electrons. The maximum absolute atomic E-state index is 12.3. The maximum atomic E-state index is 12.3. The van der Waals surface area contributed by atoms with Crippen LogP contribution >= 0.6 is 11.3 Å². The van der Waals surface area contributed by atoms with E-state index in [9.17, 15) is 9.59 Å². The molecule has 4 rings (SSSR count). The van der Waals surface area contributed by atoms with E-state index in [0.717, 1.165) is 5.69 Å². The van der Waals surface area contributed by atoms with E-state index >= 15 is 0 Å². The highest BCUT2D eigenvalue weighted by Gasteiger charge is 2.10. The Hall–Kier alpha value is -3.79. The maximum Gasteiger partial charge on any atom is 0.266 e. The molecule has 0 aliphatic heterocycles. The summed E-state index contributed by atoms with van der Waals surface area (Å²) in [6.45, 7) is 2.44. The van der Waals surface area contributed by atoms with Crippen molar-refractivity contribution in [2.75, 3.05) is 11.9 Å². The summed E-state index contributed by atoms with van der Waals surface area (Å²) in [6.07, 6.45) is 1.69. The third-order valence-electron chi connectivity index (χ3n) is 4.30. The zero-order valence-electron chi connectivity index (χ0n) is 16.7. The van der Waals surface area contributed by atoms with E-state index in [4.69, 9.17) is 4.42 Å². The highest BCUT2D eigenvalue weighted by atomic mass is 32.1. The second kappa shape index (κ2) is 9.35. The number of thiazole rings is 1. The normalized spacial score (nSPS) is 10.7. The number of hydrogen-bond donors (Lipinski definition) is 2. The first-order valence-electron chi connectivity index (χ1n) is 9.61. The number of nitrogens with zero attached hydrogens (tertiary/aromatic N) is 4. The molecule has 0 spiro atoms. The largest absolute Gasteiger partial charge is 0.463 e. The predicted octanol–water partition coefficient (Wildman–Crippen LogP) is 2.77. The van der Waals surface area contributed by atoms with Crippen LogP contribution < -0.4 is 16.2 Å². The quantitative estimate of drug-likeness (QED) is 0.436. The van der Waals surface area contributed by atoms with E-state index in [0.29, 0.717) is 28.1 Å². The van der Waals surface area contributed by atoms with Gasteiger partial charge in [-0.25, -0.2) is 14.6 Å². The second-order valence-electron chi connectivity index (χ2n) is 6.72. The average molecular weight is 436 g/mol. The van der Waals surface area contributed by atoms with Crippen LogP contribution in [0.15, 0.2) is 63.3 Å². The Kier molecular flexibility index (Phi) is 6.18. The molecular weight excluding hydrogens is 416 g/mol. The SMILES string of the molecule is Cc1cccc(Nc2nc(CC(=O)NCCn3nc(-c4ccco4)ccc3=O)cs2)n1. The van der Waals surface area contributed by atoms with Crippen LogP contribution in [0, 0.1) is 6.92 Å². The summed E-state index contributed by atoms with van der Waals surface area (Å²) in [6, 6.07) is 12.2. The van der Waals surface area contributed by atoms with Crippen LogP contribution in [0.5, 0.6) is 0 Å². The third kappa shape index (κ3) is 5.43. The smallest absolute Gasteiger partial charge is 0.266 e. The average Bonchev–Trinajstić information content (AvgIpc) is 3.42. The molecule has 0 saturated carbocycles. The van der Waals surface area contributed by atoms with Crippen molar-refractivity contribution in [2.45, 2.75) is 19.9 Å². The Bertz CT molecular complexity index is 1230. The summed E-state index contributed by atoms with van der Waals surface area (Å²) in [4.78, 5) is 33.1. The van der Waals surface area contributed by atoms with Gasteiger partial charge in [-0.2, -0.15) is 5.10 Å². The van der Waals surface area contributed by atoms with E-state index in [1.807, 2.05) is 30.5 Å². The van der Waals surface area contributed by atoms with Crippen LogP contribution in [0.3, 0.4) is 0 Å². The van der Waals surface area contributed by atoms with Crippen LogP contribution in [0.25, 0.3) is 11.5 Å². The number of aryl methyl sites for hydroxylation is 1. The standard InChI is InChI=1S/C21H20N6O3S/c1-14-4-2-6-18(23-14)25-21-24-15(13-31-21)12-19(28)22-9-10-27-20(29)8-7-16(26-27)17-5-3-11-30-17/h2-8,11,13H,9-10,12H2,1H3,(H,22,28)(H,23,24,25). The fourth-order valence-corrected chi connectivity index (χ4v) is 3.58.